The first-order chi connectivity index (χ1) is 15.2. The number of ether oxygens (including phenoxy) is 2. The van der Waals surface area contributed by atoms with Crippen LogP contribution in [0, 0.1) is 0 Å². The molecule has 1 N–H and O–H groups in total. The van der Waals surface area contributed by atoms with Crippen LogP contribution in [0.15, 0.2) is 65.5 Å². The summed E-state index contributed by atoms with van der Waals surface area (Å²) in [5.74, 6) is 0.945. The van der Waals surface area contributed by atoms with Gasteiger partial charge in [-0.25, -0.2) is 0 Å². The van der Waals surface area contributed by atoms with E-state index in [0.29, 0.717) is 33.2 Å². The van der Waals surface area contributed by atoms with Crippen LogP contribution in [-0.4, -0.2) is 19.2 Å². The lowest BCUT2D eigenvalue weighted by atomic mass is 9.91. The summed E-state index contributed by atoms with van der Waals surface area (Å²) >= 11 is 6.22. The van der Waals surface area contributed by atoms with Crippen molar-refractivity contribution < 1.29 is 22.6 Å². The van der Waals surface area contributed by atoms with E-state index >= 15 is 0 Å². The second kappa shape index (κ2) is 8.24. The summed E-state index contributed by atoms with van der Waals surface area (Å²) in [5, 5.41) is 0.563. The Balaban J connectivity index is 2.17. The van der Waals surface area contributed by atoms with E-state index in [1.807, 2.05) is 0 Å². The average Bonchev–Trinajstić information content (AvgIpc) is 2.77. The minimum atomic E-state index is -4.56. The van der Waals surface area contributed by atoms with E-state index < -0.39 is 17.3 Å². The maximum Gasteiger partial charge on any atom is 0.416 e. The molecule has 0 saturated carbocycles. The second-order valence-electron chi connectivity index (χ2n) is 7.04. The largest absolute Gasteiger partial charge is 0.497 e. The van der Waals surface area contributed by atoms with E-state index in [4.69, 9.17) is 21.1 Å². The minimum Gasteiger partial charge on any atom is -0.497 e. The normalized spacial score (nSPS) is 11.6. The molecule has 0 saturated heterocycles. The van der Waals surface area contributed by atoms with E-state index in [9.17, 15) is 18.0 Å². The Morgan fingerprint density at radius 2 is 1.59 bits per heavy atom. The van der Waals surface area contributed by atoms with Crippen molar-refractivity contribution in [2.24, 2.45) is 0 Å². The van der Waals surface area contributed by atoms with Gasteiger partial charge in [-0.05, 0) is 54.1 Å². The van der Waals surface area contributed by atoms with E-state index in [1.54, 1.807) is 42.5 Å². The van der Waals surface area contributed by atoms with Gasteiger partial charge in [0.2, 0.25) is 0 Å². The van der Waals surface area contributed by atoms with Crippen molar-refractivity contribution in [2.45, 2.75) is 6.18 Å². The van der Waals surface area contributed by atoms with Crippen LogP contribution in [0.2, 0.25) is 5.02 Å². The molecular weight excluding hydrogens is 443 g/mol. The van der Waals surface area contributed by atoms with Gasteiger partial charge in [0.05, 0.1) is 25.3 Å². The lowest BCUT2D eigenvalue weighted by Gasteiger charge is -2.17. The summed E-state index contributed by atoms with van der Waals surface area (Å²) in [5.41, 5.74) is 0.362. The Kier molecular flexibility index (Phi) is 5.60. The van der Waals surface area contributed by atoms with Crippen LogP contribution in [-0.2, 0) is 6.18 Å². The van der Waals surface area contributed by atoms with Gasteiger partial charge in [0.15, 0.2) is 0 Å². The summed E-state index contributed by atoms with van der Waals surface area (Å²) in [4.78, 5) is 15.9. The molecule has 0 spiro atoms. The third-order valence-corrected chi connectivity index (χ3v) is 5.39. The summed E-state index contributed by atoms with van der Waals surface area (Å²) in [6, 6.07) is 14.7. The minimum absolute atomic E-state index is 0.194. The van der Waals surface area contributed by atoms with Gasteiger partial charge in [-0.2, -0.15) is 13.2 Å². The van der Waals surface area contributed by atoms with Crippen LogP contribution in [0.5, 0.6) is 11.5 Å². The van der Waals surface area contributed by atoms with Crippen LogP contribution in [0.25, 0.3) is 33.2 Å². The molecule has 0 amide bonds. The molecule has 0 atom stereocenters. The monoisotopic (exact) mass is 459 g/mol. The summed E-state index contributed by atoms with van der Waals surface area (Å²) < 4.78 is 51.2. The zero-order valence-corrected chi connectivity index (χ0v) is 17.8. The number of methoxy groups -OCH3 is 2. The maximum atomic E-state index is 13.5. The summed E-state index contributed by atoms with van der Waals surface area (Å²) in [7, 11) is 2.95. The van der Waals surface area contributed by atoms with Gasteiger partial charge in [0.25, 0.3) is 5.56 Å². The third-order valence-electron chi connectivity index (χ3n) is 5.15. The molecule has 0 fully saturated rings. The fourth-order valence-electron chi connectivity index (χ4n) is 3.66. The molecule has 32 heavy (non-hydrogen) atoms. The lowest BCUT2D eigenvalue weighted by molar-refractivity contribution is -0.137. The molecule has 0 radical (unpaired) electrons. The maximum absolute atomic E-state index is 13.5. The van der Waals surface area contributed by atoms with Crippen molar-refractivity contribution in [2.75, 3.05) is 14.2 Å². The predicted molar refractivity (Wildman–Crippen MR) is 119 cm³/mol. The Labute approximate surface area is 186 Å². The molecule has 4 nitrogen and oxygen atoms in total. The standard InChI is InChI=1S/C24H17ClF3NO3/c1-31-16-7-3-13(4-8-16)21-22(18-12-15(25)6-10-20(18)32-2)17-11-14(24(26,27)28)5-9-19(17)29-23(21)30/h3-12H,1-2H3,(H,29,30). The van der Waals surface area contributed by atoms with Crippen molar-refractivity contribution in [3.63, 3.8) is 0 Å². The molecule has 0 aliphatic heterocycles. The highest BCUT2D eigenvalue weighted by molar-refractivity contribution is 6.31. The molecular formula is C24H17ClF3NO3. The van der Waals surface area contributed by atoms with Gasteiger partial charge in [-0.15, -0.1) is 0 Å². The van der Waals surface area contributed by atoms with Gasteiger partial charge >= 0.3 is 6.18 Å². The van der Waals surface area contributed by atoms with Crippen LogP contribution < -0.4 is 15.0 Å². The molecule has 8 heteroatoms. The molecule has 1 aromatic heterocycles. The summed E-state index contributed by atoms with van der Waals surface area (Å²) in [6.07, 6.45) is -4.56. The Hall–Kier alpha value is -3.45. The molecule has 0 aliphatic carbocycles. The average molecular weight is 460 g/mol. The number of alkyl halides is 3. The number of fused-ring (bicyclic) bond motifs is 1. The molecule has 0 unspecified atom stereocenters. The SMILES string of the molecule is COc1ccc(-c2c(-c3cc(Cl)ccc3OC)c3cc(C(F)(F)F)ccc3[nH]c2=O)cc1. The molecule has 1 heterocycles. The van der Waals surface area contributed by atoms with Crippen molar-refractivity contribution in [1.29, 1.82) is 0 Å². The molecule has 4 aromatic rings. The number of aromatic nitrogens is 1. The van der Waals surface area contributed by atoms with Gasteiger partial charge in [0.1, 0.15) is 11.5 Å². The predicted octanol–water partition coefficient (Wildman–Crippen LogP) is 6.55. The number of H-pyrrole nitrogens is 1. The van der Waals surface area contributed by atoms with Gasteiger partial charge in [-0.1, -0.05) is 23.7 Å². The van der Waals surface area contributed by atoms with Gasteiger partial charge < -0.3 is 14.5 Å². The Morgan fingerprint density at radius 3 is 2.22 bits per heavy atom. The number of hydrogen-bond acceptors (Lipinski definition) is 3. The number of rotatable bonds is 4. The molecule has 4 rings (SSSR count). The fourth-order valence-corrected chi connectivity index (χ4v) is 3.83. The van der Waals surface area contributed by atoms with E-state index in [-0.39, 0.29) is 16.5 Å². The zero-order chi connectivity index (χ0) is 23.0. The van der Waals surface area contributed by atoms with Crippen molar-refractivity contribution in [3.8, 4) is 33.8 Å². The highest BCUT2D eigenvalue weighted by Crippen LogP contribution is 2.42. The van der Waals surface area contributed by atoms with Gasteiger partial charge in [-0.3, -0.25) is 4.79 Å². The number of nitrogens with one attached hydrogen (secondary N) is 1. The quantitative estimate of drug-likeness (QED) is 0.376. The third kappa shape index (κ3) is 3.91. The van der Waals surface area contributed by atoms with Gasteiger partial charge in [0, 0.05) is 27.1 Å². The van der Waals surface area contributed by atoms with Crippen LogP contribution in [0.4, 0.5) is 13.2 Å². The number of benzene rings is 3. The lowest BCUT2D eigenvalue weighted by Crippen LogP contribution is -2.13. The first kappa shape index (κ1) is 21.8. The van der Waals surface area contributed by atoms with Crippen molar-refractivity contribution >= 4 is 22.5 Å². The second-order valence-corrected chi connectivity index (χ2v) is 7.47. The van der Waals surface area contributed by atoms with Crippen LogP contribution in [0.3, 0.4) is 0 Å². The van der Waals surface area contributed by atoms with Crippen LogP contribution >= 0.6 is 11.6 Å². The highest BCUT2D eigenvalue weighted by atomic mass is 35.5. The first-order valence-electron chi connectivity index (χ1n) is 9.48. The van der Waals surface area contributed by atoms with Crippen LogP contribution in [0.1, 0.15) is 5.56 Å². The van der Waals surface area contributed by atoms with Crippen molar-refractivity contribution in [3.05, 3.63) is 81.6 Å². The number of aromatic amines is 1. The first-order valence-corrected chi connectivity index (χ1v) is 9.86. The number of pyridine rings is 1. The summed E-state index contributed by atoms with van der Waals surface area (Å²) in [6.45, 7) is 0. The molecule has 3 aromatic carbocycles. The van der Waals surface area contributed by atoms with E-state index in [2.05, 4.69) is 4.98 Å². The Bertz CT molecular complexity index is 1360. The molecule has 0 bridgehead atoms. The Morgan fingerprint density at radius 1 is 0.875 bits per heavy atom. The van der Waals surface area contributed by atoms with Crippen molar-refractivity contribution in [1.82, 2.24) is 4.98 Å². The number of halogens is 4. The number of hydrogen-bond donors (Lipinski definition) is 1. The highest BCUT2D eigenvalue weighted by Gasteiger charge is 2.31. The topological polar surface area (TPSA) is 51.3 Å². The zero-order valence-electron chi connectivity index (χ0n) is 17.0. The molecule has 164 valence electrons. The van der Waals surface area contributed by atoms with E-state index in [0.717, 1.165) is 12.1 Å². The van der Waals surface area contributed by atoms with E-state index in [1.165, 1.54) is 20.3 Å². The smallest absolute Gasteiger partial charge is 0.416 e. The fraction of sp³-hybridized carbons (Fsp3) is 0.125. The molecule has 0 aliphatic rings.